The van der Waals surface area contributed by atoms with Crippen molar-refractivity contribution in [2.45, 2.75) is 63.7 Å². The first-order valence-corrected chi connectivity index (χ1v) is 10.0. The highest BCUT2D eigenvalue weighted by molar-refractivity contribution is 7.91. The highest BCUT2D eigenvalue weighted by atomic mass is 32.2. The van der Waals surface area contributed by atoms with Crippen LogP contribution in [0.25, 0.3) is 0 Å². The van der Waals surface area contributed by atoms with E-state index in [1.807, 2.05) is 0 Å². The van der Waals surface area contributed by atoms with E-state index >= 15 is 0 Å². The van der Waals surface area contributed by atoms with E-state index in [2.05, 4.69) is 12.2 Å². The lowest BCUT2D eigenvalue weighted by Gasteiger charge is -2.28. The standard InChI is InChI=1S/C15H29NO4S/c1-12-4-6-15(7-5-12)20-10-14(17)9-16-13-3-2-8-21(18,19)11-13/h12-17H,2-11H2,1H3. The third-order valence-electron chi connectivity index (χ3n) is 4.59. The van der Waals surface area contributed by atoms with E-state index in [-0.39, 0.29) is 17.9 Å². The van der Waals surface area contributed by atoms with E-state index in [4.69, 9.17) is 4.74 Å². The molecule has 1 saturated heterocycles. The first kappa shape index (κ1) is 17.2. The van der Waals surface area contributed by atoms with Crippen LogP contribution in [0.15, 0.2) is 0 Å². The molecule has 2 N–H and O–H groups in total. The molecule has 21 heavy (non-hydrogen) atoms. The molecule has 1 aliphatic carbocycles. The van der Waals surface area contributed by atoms with Crippen molar-refractivity contribution in [1.29, 1.82) is 0 Å². The topological polar surface area (TPSA) is 75.6 Å². The number of rotatable bonds is 6. The fourth-order valence-corrected chi connectivity index (χ4v) is 4.86. The molecule has 0 amide bonds. The van der Waals surface area contributed by atoms with Gasteiger partial charge in [0.1, 0.15) is 0 Å². The molecule has 0 spiro atoms. The monoisotopic (exact) mass is 319 g/mol. The van der Waals surface area contributed by atoms with Gasteiger partial charge in [0.15, 0.2) is 9.84 Å². The maximum absolute atomic E-state index is 11.5. The van der Waals surface area contributed by atoms with Crippen LogP contribution in [0.5, 0.6) is 0 Å². The molecule has 0 aromatic carbocycles. The quantitative estimate of drug-likeness (QED) is 0.767. The van der Waals surface area contributed by atoms with Crippen LogP contribution in [0.4, 0.5) is 0 Å². The Morgan fingerprint density at radius 1 is 1.24 bits per heavy atom. The minimum absolute atomic E-state index is 0.0195. The zero-order valence-corrected chi connectivity index (χ0v) is 13.8. The van der Waals surface area contributed by atoms with E-state index < -0.39 is 15.9 Å². The highest BCUT2D eigenvalue weighted by Gasteiger charge is 2.25. The van der Waals surface area contributed by atoms with E-state index in [0.29, 0.717) is 25.3 Å². The zero-order chi connectivity index (χ0) is 15.3. The Labute approximate surface area is 128 Å². The minimum atomic E-state index is -2.89. The van der Waals surface area contributed by atoms with Crippen LogP contribution in [-0.4, -0.2) is 56.4 Å². The van der Waals surface area contributed by atoms with Gasteiger partial charge in [0.05, 0.1) is 30.3 Å². The second-order valence-corrected chi connectivity index (χ2v) is 8.96. The van der Waals surface area contributed by atoms with Gasteiger partial charge in [0.2, 0.25) is 0 Å². The summed E-state index contributed by atoms with van der Waals surface area (Å²) in [7, 11) is -2.89. The van der Waals surface area contributed by atoms with Crippen LogP contribution in [0.1, 0.15) is 45.4 Å². The van der Waals surface area contributed by atoms with Crippen LogP contribution >= 0.6 is 0 Å². The van der Waals surface area contributed by atoms with E-state index in [9.17, 15) is 13.5 Å². The van der Waals surface area contributed by atoms with E-state index in [0.717, 1.165) is 25.2 Å². The van der Waals surface area contributed by atoms with Crippen molar-refractivity contribution in [2.75, 3.05) is 24.7 Å². The molecule has 2 rings (SSSR count). The first-order valence-electron chi connectivity index (χ1n) is 8.18. The Hall–Kier alpha value is -0.170. The summed E-state index contributed by atoms with van der Waals surface area (Å²) in [5.74, 6) is 1.29. The normalized spacial score (nSPS) is 34.5. The van der Waals surface area contributed by atoms with Gasteiger partial charge >= 0.3 is 0 Å². The average Bonchev–Trinajstić information content (AvgIpc) is 2.43. The Bertz CT molecular complexity index is 404. The third-order valence-corrected chi connectivity index (χ3v) is 6.41. The second kappa shape index (κ2) is 7.90. The van der Waals surface area contributed by atoms with Crippen molar-refractivity contribution in [3.05, 3.63) is 0 Å². The Kier molecular flexibility index (Phi) is 6.47. The average molecular weight is 319 g/mol. The molecular formula is C15H29NO4S. The molecule has 0 aromatic rings. The number of nitrogens with one attached hydrogen (secondary N) is 1. The van der Waals surface area contributed by atoms with Crippen LogP contribution < -0.4 is 5.32 Å². The third kappa shape index (κ3) is 6.22. The van der Waals surface area contributed by atoms with Crippen molar-refractivity contribution in [2.24, 2.45) is 5.92 Å². The molecule has 124 valence electrons. The molecular weight excluding hydrogens is 290 g/mol. The maximum atomic E-state index is 11.5. The van der Waals surface area contributed by atoms with Crippen molar-refractivity contribution in [3.8, 4) is 0 Å². The smallest absolute Gasteiger partial charge is 0.151 e. The number of hydrogen-bond acceptors (Lipinski definition) is 5. The van der Waals surface area contributed by atoms with Gasteiger partial charge < -0.3 is 15.2 Å². The lowest BCUT2D eigenvalue weighted by molar-refractivity contribution is -0.0283. The summed E-state index contributed by atoms with van der Waals surface area (Å²) in [6.07, 6.45) is 5.89. The van der Waals surface area contributed by atoms with Gasteiger partial charge in [-0.05, 0) is 44.4 Å². The predicted molar refractivity (Wildman–Crippen MR) is 83.1 cm³/mol. The lowest BCUT2D eigenvalue weighted by Crippen LogP contribution is -2.44. The summed E-state index contributed by atoms with van der Waals surface area (Å²) >= 11 is 0. The Balaban J connectivity index is 1.60. The van der Waals surface area contributed by atoms with Gasteiger partial charge in [-0.25, -0.2) is 8.42 Å². The van der Waals surface area contributed by atoms with Crippen molar-refractivity contribution < 1.29 is 18.3 Å². The summed E-state index contributed by atoms with van der Waals surface area (Å²) in [6, 6.07) is -0.0195. The first-order chi connectivity index (χ1) is 9.94. The molecule has 0 radical (unpaired) electrons. The summed E-state index contributed by atoms with van der Waals surface area (Å²) < 4.78 is 28.8. The fraction of sp³-hybridized carbons (Fsp3) is 1.00. The van der Waals surface area contributed by atoms with Crippen LogP contribution in [-0.2, 0) is 14.6 Å². The fourth-order valence-electron chi connectivity index (χ4n) is 3.19. The van der Waals surface area contributed by atoms with Crippen LogP contribution in [0.3, 0.4) is 0 Å². The molecule has 5 nitrogen and oxygen atoms in total. The number of aliphatic hydroxyl groups is 1. The van der Waals surface area contributed by atoms with Gasteiger partial charge in [0, 0.05) is 12.6 Å². The number of aliphatic hydroxyl groups excluding tert-OH is 1. The molecule has 0 aromatic heterocycles. The zero-order valence-electron chi connectivity index (χ0n) is 13.0. The van der Waals surface area contributed by atoms with Gasteiger partial charge in [-0.3, -0.25) is 0 Å². The lowest BCUT2D eigenvalue weighted by atomic mass is 9.89. The molecule has 2 unspecified atom stereocenters. The molecule has 6 heteroatoms. The van der Waals surface area contributed by atoms with E-state index in [1.165, 1.54) is 12.8 Å². The van der Waals surface area contributed by atoms with E-state index in [1.54, 1.807) is 0 Å². The second-order valence-electron chi connectivity index (χ2n) is 6.73. The van der Waals surface area contributed by atoms with Gasteiger partial charge in [-0.2, -0.15) is 0 Å². The molecule has 1 heterocycles. The summed E-state index contributed by atoms with van der Waals surface area (Å²) in [5.41, 5.74) is 0. The van der Waals surface area contributed by atoms with Crippen LogP contribution in [0.2, 0.25) is 0 Å². The van der Waals surface area contributed by atoms with Crippen molar-refractivity contribution >= 4 is 9.84 Å². The van der Waals surface area contributed by atoms with Gasteiger partial charge in [0.25, 0.3) is 0 Å². The molecule has 1 aliphatic heterocycles. The SMILES string of the molecule is CC1CCC(OCC(O)CNC2CCCS(=O)(=O)C2)CC1. The molecule has 2 aliphatic rings. The Morgan fingerprint density at radius 3 is 2.62 bits per heavy atom. The molecule has 0 bridgehead atoms. The summed E-state index contributed by atoms with van der Waals surface area (Å²) in [6.45, 7) is 3.02. The molecule has 1 saturated carbocycles. The number of ether oxygens (including phenoxy) is 1. The highest BCUT2D eigenvalue weighted by Crippen LogP contribution is 2.25. The summed E-state index contributed by atoms with van der Waals surface area (Å²) in [5, 5.41) is 13.1. The van der Waals surface area contributed by atoms with Gasteiger partial charge in [-0.15, -0.1) is 0 Å². The largest absolute Gasteiger partial charge is 0.389 e. The van der Waals surface area contributed by atoms with Gasteiger partial charge in [-0.1, -0.05) is 6.92 Å². The minimum Gasteiger partial charge on any atom is -0.389 e. The molecule has 2 atom stereocenters. The molecule has 2 fully saturated rings. The van der Waals surface area contributed by atoms with Crippen molar-refractivity contribution in [1.82, 2.24) is 5.32 Å². The van der Waals surface area contributed by atoms with Crippen LogP contribution in [0, 0.1) is 5.92 Å². The number of hydrogen-bond donors (Lipinski definition) is 2. The number of sulfone groups is 1. The maximum Gasteiger partial charge on any atom is 0.151 e. The Morgan fingerprint density at radius 2 is 1.95 bits per heavy atom. The summed E-state index contributed by atoms with van der Waals surface area (Å²) in [4.78, 5) is 0. The van der Waals surface area contributed by atoms with Crippen molar-refractivity contribution in [3.63, 3.8) is 0 Å². The predicted octanol–water partition coefficient (Wildman–Crippen LogP) is 1.11.